The summed E-state index contributed by atoms with van der Waals surface area (Å²) in [6.07, 6.45) is 2.00. The van der Waals surface area contributed by atoms with Crippen molar-refractivity contribution >= 4 is 28.3 Å². The van der Waals surface area contributed by atoms with Crippen LogP contribution in [0.1, 0.15) is 12.8 Å². The minimum atomic E-state index is -0.291. The minimum Gasteiger partial charge on any atom is -0.376 e. The van der Waals surface area contributed by atoms with Gasteiger partial charge in [-0.3, -0.25) is 9.59 Å². The molecule has 1 N–H and O–H groups in total. The van der Waals surface area contributed by atoms with Crippen LogP contribution in [-0.2, 0) is 16.1 Å². The van der Waals surface area contributed by atoms with Crippen molar-refractivity contribution in [1.82, 2.24) is 15.1 Å². The summed E-state index contributed by atoms with van der Waals surface area (Å²) in [6, 6.07) is 14.5. The Balaban J connectivity index is 1.66. The third-order valence-electron chi connectivity index (χ3n) is 4.83. The Morgan fingerprint density at radius 2 is 1.93 bits per heavy atom. The van der Waals surface area contributed by atoms with Crippen LogP contribution < -0.4 is 10.9 Å². The molecule has 0 bridgehead atoms. The normalized spacial score (nSPS) is 16.4. The van der Waals surface area contributed by atoms with Gasteiger partial charge in [-0.25, -0.2) is 4.68 Å². The maximum atomic E-state index is 12.8. The van der Waals surface area contributed by atoms with Crippen molar-refractivity contribution in [2.45, 2.75) is 25.5 Å². The first kappa shape index (κ1) is 18.7. The molecule has 1 saturated heterocycles. The first-order valence-corrected chi connectivity index (χ1v) is 9.64. The third-order valence-corrected chi connectivity index (χ3v) is 5.08. The van der Waals surface area contributed by atoms with Crippen LogP contribution in [0, 0.1) is 0 Å². The van der Waals surface area contributed by atoms with Crippen LogP contribution in [-0.4, -0.2) is 34.9 Å². The van der Waals surface area contributed by atoms with Crippen molar-refractivity contribution < 1.29 is 9.53 Å². The van der Waals surface area contributed by atoms with Crippen LogP contribution in [0.5, 0.6) is 0 Å². The Kier molecular flexibility index (Phi) is 5.41. The van der Waals surface area contributed by atoms with Gasteiger partial charge in [0.25, 0.3) is 5.56 Å². The average molecular weight is 398 g/mol. The molecule has 28 heavy (non-hydrogen) atoms. The lowest BCUT2D eigenvalue weighted by molar-refractivity contribution is -0.122. The highest BCUT2D eigenvalue weighted by Crippen LogP contribution is 2.25. The monoisotopic (exact) mass is 397 g/mol. The molecule has 1 aliphatic rings. The predicted molar refractivity (Wildman–Crippen MR) is 108 cm³/mol. The number of nitrogens with zero attached hydrogens (tertiary/aromatic N) is 2. The Hall–Kier alpha value is -2.70. The highest BCUT2D eigenvalue weighted by molar-refractivity contribution is 6.30. The van der Waals surface area contributed by atoms with Crippen LogP contribution >= 0.6 is 11.6 Å². The molecule has 4 rings (SSSR count). The van der Waals surface area contributed by atoms with Crippen molar-refractivity contribution in [2.75, 3.05) is 13.2 Å². The molecule has 0 aliphatic carbocycles. The fourth-order valence-electron chi connectivity index (χ4n) is 3.39. The quantitative estimate of drug-likeness (QED) is 0.718. The Bertz CT molecular complexity index is 1060. The summed E-state index contributed by atoms with van der Waals surface area (Å²) in [5.41, 5.74) is 1.17. The molecule has 0 saturated carbocycles. The molecule has 1 aromatic heterocycles. The number of fused-ring (bicyclic) bond motifs is 1. The van der Waals surface area contributed by atoms with E-state index < -0.39 is 0 Å². The molecule has 1 aliphatic heterocycles. The number of nitrogens with one attached hydrogen (secondary N) is 1. The number of halogens is 1. The number of hydrogen-bond acceptors (Lipinski definition) is 4. The second-order valence-corrected chi connectivity index (χ2v) is 7.24. The summed E-state index contributed by atoms with van der Waals surface area (Å²) in [7, 11) is 0. The number of benzene rings is 2. The van der Waals surface area contributed by atoms with Crippen molar-refractivity contribution in [3.8, 4) is 11.3 Å². The van der Waals surface area contributed by atoms with E-state index in [4.69, 9.17) is 16.3 Å². The molecule has 144 valence electrons. The van der Waals surface area contributed by atoms with E-state index in [1.807, 2.05) is 24.3 Å². The molecule has 7 heteroatoms. The fourth-order valence-corrected chi connectivity index (χ4v) is 3.51. The molecule has 0 spiro atoms. The van der Waals surface area contributed by atoms with Gasteiger partial charge in [0.05, 0.1) is 17.2 Å². The molecular weight excluding hydrogens is 378 g/mol. The number of carbonyl (C=O) groups excluding carboxylic acids is 1. The fraction of sp³-hybridized carbons (Fsp3) is 0.286. The molecular formula is C21H20ClN3O3. The van der Waals surface area contributed by atoms with Crippen LogP contribution in [0.2, 0.25) is 5.02 Å². The highest BCUT2D eigenvalue weighted by atomic mass is 35.5. The number of ether oxygens (including phenoxy) is 1. The van der Waals surface area contributed by atoms with E-state index in [1.165, 1.54) is 4.68 Å². The van der Waals surface area contributed by atoms with E-state index in [2.05, 4.69) is 10.4 Å². The van der Waals surface area contributed by atoms with Gasteiger partial charge in [-0.1, -0.05) is 41.9 Å². The van der Waals surface area contributed by atoms with E-state index in [9.17, 15) is 9.59 Å². The zero-order valence-corrected chi connectivity index (χ0v) is 16.0. The van der Waals surface area contributed by atoms with Gasteiger partial charge in [-0.05, 0) is 31.0 Å². The molecule has 2 aromatic carbocycles. The van der Waals surface area contributed by atoms with Gasteiger partial charge in [0.1, 0.15) is 6.54 Å². The van der Waals surface area contributed by atoms with E-state index >= 15 is 0 Å². The lowest BCUT2D eigenvalue weighted by Gasteiger charge is -2.13. The molecule has 1 atom stereocenters. The van der Waals surface area contributed by atoms with E-state index in [0.29, 0.717) is 22.6 Å². The van der Waals surface area contributed by atoms with Crippen molar-refractivity contribution in [3.05, 3.63) is 63.9 Å². The molecule has 6 nitrogen and oxygen atoms in total. The molecule has 0 radical (unpaired) electrons. The average Bonchev–Trinajstić information content (AvgIpc) is 3.23. The molecule has 0 unspecified atom stereocenters. The van der Waals surface area contributed by atoms with Crippen LogP contribution in [0.25, 0.3) is 22.0 Å². The second-order valence-electron chi connectivity index (χ2n) is 6.80. The van der Waals surface area contributed by atoms with E-state index in [-0.39, 0.29) is 24.1 Å². The van der Waals surface area contributed by atoms with Crippen molar-refractivity contribution in [3.63, 3.8) is 0 Å². The topological polar surface area (TPSA) is 73.2 Å². The van der Waals surface area contributed by atoms with Gasteiger partial charge in [0.15, 0.2) is 0 Å². The van der Waals surface area contributed by atoms with Gasteiger partial charge in [-0.2, -0.15) is 5.10 Å². The third kappa shape index (κ3) is 3.93. The van der Waals surface area contributed by atoms with Crippen LogP contribution in [0.4, 0.5) is 0 Å². The van der Waals surface area contributed by atoms with Crippen molar-refractivity contribution in [2.24, 2.45) is 0 Å². The van der Waals surface area contributed by atoms with Crippen molar-refractivity contribution in [1.29, 1.82) is 0 Å². The lowest BCUT2D eigenvalue weighted by atomic mass is 10.1. The number of hydrogen-bond donors (Lipinski definition) is 1. The van der Waals surface area contributed by atoms with Gasteiger partial charge >= 0.3 is 0 Å². The summed E-state index contributed by atoms with van der Waals surface area (Å²) in [5, 5.41) is 9.21. The van der Waals surface area contributed by atoms with Crippen LogP contribution in [0.15, 0.2) is 53.3 Å². The summed E-state index contributed by atoms with van der Waals surface area (Å²) < 4.78 is 6.73. The molecule has 1 amide bonds. The standard InChI is InChI=1S/C21H20ClN3O3/c22-15-9-7-14(8-10-15)20-17-5-1-2-6-18(17)21(27)25(24-20)13-19(26)23-12-16-4-3-11-28-16/h1-2,5-10,16H,3-4,11-13H2,(H,23,26)/t16-/m0/s1. The second kappa shape index (κ2) is 8.12. The van der Waals surface area contributed by atoms with E-state index in [0.717, 1.165) is 30.4 Å². The largest absolute Gasteiger partial charge is 0.376 e. The van der Waals surface area contributed by atoms with E-state index in [1.54, 1.807) is 24.3 Å². The maximum Gasteiger partial charge on any atom is 0.275 e. The first-order chi connectivity index (χ1) is 13.6. The van der Waals surface area contributed by atoms with Gasteiger partial charge in [0.2, 0.25) is 5.91 Å². The molecule has 2 heterocycles. The maximum absolute atomic E-state index is 12.8. The zero-order valence-electron chi connectivity index (χ0n) is 15.2. The Morgan fingerprint density at radius 3 is 2.64 bits per heavy atom. The summed E-state index contributed by atoms with van der Waals surface area (Å²) in [4.78, 5) is 25.2. The first-order valence-electron chi connectivity index (χ1n) is 9.26. The number of carbonyl (C=O) groups is 1. The smallest absolute Gasteiger partial charge is 0.275 e. The summed E-state index contributed by atoms with van der Waals surface area (Å²) >= 11 is 5.99. The predicted octanol–water partition coefficient (Wildman–Crippen LogP) is 3.01. The highest BCUT2D eigenvalue weighted by Gasteiger charge is 2.18. The summed E-state index contributed by atoms with van der Waals surface area (Å²) in [6.45, 7) is 1.04. The number of amides is 1. The van der Waals surface area contributed by atoms with Crippen LogP contribution in [0.3, 0.4) is 0 Å². The van der Waals surface area contributed by atoms with Gasteiger partial charge < -0.3 is 10.1 Å². The Morgan fingerprint density at radius 1 is 1.18 bits per heavy atom. The Labute approximate surface area is 167 Å². The lowest BCUT2D eigenvalue weighted by Crippen LogP contribution is -2.37. The number of aromatic nitrogens is 2. The minimum absolute atomic E-state index is 0.0508. The van der Waals surface area contributed by atoms with Gasteiger partial charge in [-0.15, -0.1) is 0 Å². The molecule has 3 aromatic rings. The molecule has 1 fully saturated rings. The summed E-state index contributed by atoms with van der Waals surface area (Å²) in [5.74, 6) is -0.262. The zero-order chi connectivity index (χ0) is 19.5. The SMILES string of the molecule is O=C(Cn1nc(-c2ccc(Cl)cc2)c2ccccc2c1=O)NC[C@@H]1CCCO1. The van der Waals surface area contributed by atoms with Gasteiger partial charge in [0, 0.05) is 29.1 Å². The number of rotatable bonds is 5.